The maximum Gasteiger partial charge on any atom is 0.217 e. The summed E-state index contributed by atoms with van der Waals surface area (Å²) >= 11 is 0. The van der Waals surface area contributed by atoms with Gasteiger partial charge in [-0.1, -0.05) is 25.8 Å². The molecule has 0 saturated carbocycles. The summed E-state index contributed by atoms with van der Waals surface area (Å²) in [6.45, 7) is 4.37. The van der Waals surface area contributed by atoms with Crippen molar-refractivity contribution >= 4 is 11.6 Å². The molecule has 7 nitrogen and oxygen atoms in total. The average Bonchev–Trinajstić information content (AvgIpc) is 3.04. The zero-order chi connectivity index (χ0) is 24.0. The minimum Gasteiger partial charge on any atom is -0.493 e. The summed E-state index contributed by atoms with van der Waals surface area (Å²) in [5.74, 6) is 1.48. The maximum atomic E-state index is 13.1. The number of aryl methyl sites for hydroxylation is 1. The molecule has 0 radical (unpaired) electrons. The molecule has 0 aromatic heterocycles. The SMILES string of the molecule is CCCCCNc1ccc2c(cc1=O)[C@H](NC(C)=O)CCc1cc(OC)c(OC)c(OC)c1-2. The van der Waals surface area contributed by atoms with Gasteiger partial charge in [-0.3, -0.25) is 9.59 Å². The van der Waals surface area contributed by atoms with Gasteiger partial charge in [0.15, 0.2) is 11.5 Å². The van der Waals surface area contributed by atoms with Gasteiger partial charge in [-0.2, -0.15) is 0 Å². The fraction of sp³-hybridized carbons (Fsp3) is 0.462. The lowest BCUT2D eigenvalue weighted by Crippen LogP contribution is -2.26. The van der Waals surface area contributed by atoms with E-state index in [0.717, 1.165) is 48.1 Å². The van der Waals surface area contributed by atoms with Crippen LogP contribution in [0.5, 0.6) is 17.2 Å². The standard InChI is InChI=1S/C26H34N2O5/c1-6-7-8-13-27-21-12-10-18-19(15-22(21)30)20(28-16(2)29)11-9-17-14-23(31-3)25(32-4)26(33-5)24(17)18/h10,12,14-15,20H,6-9,11,13H2,1-5H3,(H,27,30)(H,28,29)/t20-/m1/s1. The summed E-state index contributed by atoms with van der Waals surface area (Å²) in [5.41, 5.74) is 3.90. The third-order valence-corrected chi connectivity index (χ3v) is 6.01. The largest absolute Gasteiger partial charge is 0.493 e. The Morgan fingerprint density at radius 1 is 1.06 bits per heavy atom. The number of amides is 1. The highest BCUT2D eigenvalue weighted by Gasteiger charge is 2.29. The molecule has 178 valence electrons. The number of ether oxygens (including phenoxy) is 3. The molecule has 3 rings (SSSR count). The lowest BCUT2D eigenvalue weighted by molar-refractivity contribution is -0.119. The number of hydrogen-bond donors (Lipinski definition) is 2. The van der Waals surface area contributed by atoms with Crippen LogP contribution in [0.1, 0.15) is 56.7 Å². The molecule has 0 fully saturated rings. The van der Waals surface area contributed by atoms with Crippen molar-refractivity contribution in [1.29, 1.82) is 0 Å². The van der Waals surface area contributed by atoms with E-state index in [-0.39, 0.29) is 17.4 Å². The van der Waals surface area contributed by atoms with Gasteiger partial charge in [-0.25, -0.2) is 0 Å². The van der Waals surface area contributed by atoms with Crippen LogP contribution in [0, 0.1) is 0 Å². The number of methoxy groups -OCH3 is 3. The maximum absolute atomic E-state index is 13.1. The Labute approximate surface area is 195 Å². The second-order valence-electron chi connectivity index (χ2n) is 8.23. The Morgan fingerprint density at radius 2 is 1.82 bits per heavy atom. The quantitative estimate of drug-likeness (QED) is 0.544. The van der Waals surface area contributed by atoms with Crippen LogP contribution in [0.2, 0.25) is 0 Å². The zero-order valence-corrected chi connectivity index (χ0v) is 20.2. The predicted octanol–water partition coefficient (Wildman–Crippen LogP) is 4.47. The summed E-state index contributed by atoms with van der Waals surface area (Å²) < 4.78 is 17.0. The smallest absolute Gasteiger partial charge is 0.217 e. The van der Waals surface area contributed by atoms with Crippen LogP contribution in [0.4, 0.5) is 5.69 Å². The van der Waals surface area contributed by atoms with E-state index in [1.807, 2.05) is 18.2 Å². The van der Waals surface area contributed by atoms with Crippen molar-refractivity contribution < 1.29 is 19.0 Å². The zero-order valence-electron chi connectivity index (χ0n) is 20.2. The van der Waals surface area contributed by atoms with Crippen molar-refractivity contribution in [2.45, 2.75) is 52.0 Å². The van der Waals surface area contributed by atoms with Gasteiger partial charge in [0, 0.05) is 19.0 Å². The lowest BCUT2D eigenvalue weighted by Gasteiger charge is -2.19. The highest BCUT2D eigenvalue weighted by Crippen LogP contribution is 2.50. The fourth-order valence-corrected chi connectivity index (χ4v) is 4.45. The number of carbonyl (C=O) groups excluding carboxylic acids is 1. The molecule has 0 saturated heterocycles. The number of anilines is 1. The minimum absolute atomic E-state index is 0.106. The van der Waals surface area contributed by atoms with Crippen molar-refractivity contribution in [2.24, 2.45) is 0 Å². The number of nitrogens with one attached hydrogen (secondary N) is 2. The van der Waals surface area contributed by atoms with E-state index in [1.165, 1.54) is 6.92 Å². The van der Waals surface area contributed by atoms with Crippen molar-refractivity contribution in [3.05, 3.63) is 45.6 Å². The Kier molecular flexibility index (Phi) is 8.20. The van der Waals surface area contributed by atoms with Gasteiger partial charge < -0.3 is 24.8 Å². The molecule has 2 aromatic rings. The van der Waals surface area contributed by atoms with E-state index in [1.54, 1.807) is 27.4 Å². The normalized spacial score (nSPS) is 14.4. The summed E-state index contributed by atoms with van der Waals surface area (Å²) in [4.78, 5) is 25.1. The van der Waals surface area contributed by atoms with Crippen LogP contribution in [-0.4, -0.2) is 33.8 Å². The first kappa shape index (κ1) is 24.4. The molecule has 0 unspecified atom stereocenters. The Hall–Kier alpha value is -3.22. The van der Waals surface area contributed by atoms with Crippen LogP contribution in [-0.2, 0) is 11.2 Å². The van der Waals surface area contributed by atoms with Gasteiger partial charge in [0.25, 0.3) is 0 Å². The number of fused-ring (bicyclic) bond motifs is 3. The van der Waals surface area contributed by atoms with Crippen LogP contribution >= 0.6 is 0 Å². The molecule has 0 aliphatic heterocycles. The van der Waals surface area contributed by atoms with Crippen molar-refractivity contribution in [3.8, 4) is 28.4 Å². The summed E-state index contributed by atoms with van der Waals surface area (Å²) in [6, 6.07) is 7.05. The van der Waals surface area contributed by atoms with Crippen LogP contribution in [0.3, 0.4) is 0 Å². The third-order valence-electron chi connectivity index (χ3n) is 6.01. The second kappa shape index (κ2) is 11.1. The number of carbonyl (C=O) groups is 1. The van der Waals surface area contributed by atoms with Crippen molar-refractivity contribution in [3.63, 3.8) is 0 Å². The molecule has 0 spiro atoms. The minimum atomic E-state index is -0.306. The number of hydrogen-bond acceptors (Lipinski definition) is 6. The molecule has 1 aliphatic rings. The van der Waals surface area contributed by atoms with Gasteiger partial charge in [-0.15, -0.1) is 0 Å². The van der Waals surface area contributed by atoms with Gasteiger partial charge in [-0.05, 0) is 54.2 Å². The Balaban J connectivity index is 2.25. The van der Waals surface area contributed by atoms with E-state index in [4.69, 9.17) is 14.2 Å². The second-order valence-corrected chi connectivity index (χ2v) is 8.23. The first-order valence-corrected chi connectivity index (χ1v) is 11.5. The van der Waals surface area contributed by atoms with E-state index in [0.29, 0.717) is 35.8 Å². The molecule has 2 aromatic carbocycles. The molecular weight excluding hydrogens is 420 g/mol. The summed E-state index contributed by atoms with van der Waals surface area (Å²) in [5, 5.41) is 6.31. The van der Waals surface area contributed by atoms with E-state index >= 15 is 0 Å². The fourth-order valence-electron chi connectivity index (χ4n) is 4.45. The monoisotopic (exact) mass is 454 g/mol. The van der Waals surface area contributed by atoms with Crippen LogP contribution < -0.4 is 30.3 Å². The first-order chi connectivity index (χ1) is 15.9. The highest BCUT2D eigenvalue weighted by molar-refractivity contribution is 5.83. The molecule has 1 aliphatic carbocycles. The molecule has 0 heterocycles. The molecule has 7 heteroatoms. The Morgan fingerprint density at radius 3 is 2.45 bits per heavy atom. The number of rotatable bonds is 9. The number of unbranched alkanes of at least 4 members (excludes halogenated alkanes) is 2. The van der Waals surface area contributed by atoms with Gasteiger partial charge in [0.2, 0.25) is 17.1 Å². The van der Waals surface area contributed by atoms with Crippen molar-refractivity contribution in [1.82, 2.24) is 5.32 Å². The van der Waals surface area contributed by atoms with Gasteiger partial charge >= 0.3 is 0 Å². The van der Waals surface area contributed by atoms with E-state index < -0.39 is 0 Å². The molecule has 33 heavy (non-hydrogen) atoms. The first-order valence-electron chi connectivity index (χ1n) is 11.5. The van der Waals surface area contributed by atoms with Gasteiger partial charge in [0.1, 0.15) is 0 Å². The Bertz CT molecular complexity index is 1070. The molecule has 0 bridgehead atoms. The highest BCUT2D eigenvalue weighted by atomic mass is 16.5. The topological polar surface area (TPSA) is 85.9 Å². The lowest BCUT2D eigenvalue weighted by atomic mass is 9.95. The number of benzene rings is 1. The molecule has 1 amide bonds. The third kappa shape index (κ3) is 5.24. The predicted molar refractivity (Wildman–Crippen MR) is 131 cm³/mol. The van der Waals surface area contributed by atoms with Gasteiger partial charge in [0.05, 0.1) is 33.1 Å². The molecule has 2 N–H and O–H groups in total. The molecular formula is C26H34N2O5. The van der Waals surface area contributed by atoms with E-state index in [9.17, 15) is 9.59 Å². The van der Waals surface area contributed by atoms with Crippen LogP contribution in [0.25, 0.3) is 11.1 Å². The average molecular weight is 455 g/mol. The van der Waals surface area contributed by atoms with Crippen molar-refractivity contribution in [2.75, 3.05) is 33.2 Å². The van der Waals surface area contributed by atoms with Crippen LogP contribution in [0.15, 0.2) is 29.1 Å². The summed E-state index contributed by atoms with van der Waals surface area (Å²) in [6.07, 6.45) is 4.53. The summed E-state index contributed by atoms with van der Waals surface area (Å²) in [7, 11) is 4.76. The van der Waals surface area contributed by atoms with E-state index in [2.05, 4.69) is 17.6 Å². The molecule has 1 atom stereocenters.